The van der Waals surface area contributed by atoms with Crippen LogP contribution in [0.1, 0.15) is 59.8 Å². The molecule has 0 radical (unpaired) electrons. The minimum Gasteiger partial charge on any atom is -0.324 e. The van der Waals surface area contributed by atoms with Crippen LogP contribution in [0.3, 0.4) is 0 Å². The minimum absolute atomic E-state index is 0.0391. The van der Waals surface area contributed by atoms with E-state index in [0.29, 0.717) is 17.9 Å². The lowest BCUT2D eigenvalue weighted by atomic mass is 10.1. The van der Waals surface area contributed by atoms with Gasteiger partial charge in [0.15, 0.2) is 0 Å². The summed E-state index contributed by atoms with van der Waals surface area (Å²) in [5, 5.41) is 3.57. The van der Waals surface area contributed by atoms with Crippen LogP contribution in [0.4, 0.5) is 0 Å². The molecule has 2 fully saturated rings. The van der Waals surface area contributed by atoms with Gasteiger partial charge in [-0.05, 0) is 45.6 Å². The van der Waals surface area contributed by atoms with Crippen LogP contribution in [0.2, 0.25) is 0 Å². The Morgan fingerprint density at radius 1 is 1.33 bits per heavy atom. The summed E-state index contributed by atoms with van der Waals surface area (Å²) in [4.78, 5) is 17.2. The lowest BCUT2D eigenvalue weighted by Gasteiger charge is -2.32. The molecule has 1 saturated carbocycles. The molecule has 4 heteroatoms. The highest BCUT2D eigenvalue weighted by Crippen LogP contribution is 2.28. The number of likely N-dealkylation sites (N-methyl/N-ethyl adjacent to an activating group) is 1. The molecule has 1 aliphatic carbocycles. The zero-order valence-corrected chi connectivity index (χ0v) is 14.4. The lowest BCUT2D eigenvalue weighted by molar-refractivity contribution is -0.131. The number of hydrogen-bond acceptors (Lipinski definition) is 3. The quantitative estimate of drug-likeness (QED) is 0.747. The van der Waals surface area contributed by atoms with Gasteiger partial charge in [0, 0.05) is 18.6 Å². The van der Waals surface area contributed by atoms with Crippen LogP contribution in [-0.2, 0) is 4.79 Å². The Hall–Kier alpha value is -0.610. The molecular weight excluding hydrogens is 262 g/mol. The highest BCUT2D eigenvalue weighted by molar-refractivity contribution is 5.84. The van der Waals surface area contributed by atoms with Crippen molar-refractivity contribution < 1.29 is 4.79 Å². The largest absolute Gasteiger partial charge is 0.324 e. The first-order valence-corrected chi connectivity index (χ1v) is 8.72. The summed E-state index contributed by atoms with van der Waals surface area (Å²) >= 11 is 0. The van der Waals surface area contributed by atoms with Crippen LogP contribution < -0.4 is 5.32 Å². The molecule has 1 saturated heterocycles. The Kier molecular flexibility index (Phi) is 5.67. The van der Waals surface area contributed by atoms with E-state index in [0.717, 1.165) is 31.8 Å². The molecule has 2 aliphatic rings. The van der Waals surface area contributed by atoms with Gasteiger partial charge in [-0.2, -0.15) is 0 Å². The van der Waals surface area contributed by atoms with Gasteiger partial charge in [-0.25, -0.2) is 0 Å². The second-order valence-corrected chi connectivity index (χ2v) is 7.39. The monoisotopic (exact) mass is 295 g/mol. The lowest BCUT2D eigenvalue weighted by Crippen LogP contribution is -2.46. The number of hydrogen-bond donors (Lipinski definition) is 1. The average Bonchev–Trinajstić information content (AvgIpc) is 3.21. The van der Waals surface area contributed by atoms with Gasteiger partial charge >= 0.3 is 0 Å². The van der Waals surface area contributed by atoms with Gasteiger partial charge in [0.25, 0.3) is 0 Å². The van der Waals surface area contributed by atoms with Crippen molar-refractivity contribution in [2.45, 2.75) is 84.1 Å². The Morgan fingerprint density at radius 2 is 2.00 bits per heavy atom. The molecule has 1 heterocycles. The van der Waals surface area contributed by atoms with E-state index in [9.17, 15) is 4.79 Å². The second kappa shape index (κ2) is 7.10. The topological polar surface area (TPSA) is 35.6 Å². The van der Waals surface area contributed by atoms with Gasteiger partial charge in [-0.1, -0.05) is 27.2 Å². The van der Waals surface area contributed by atoms with Crippen molar-refractivity contribution in [3.63, 3.8) is 0 Å². The van der Waals surface area contributed by atoms with Gasteiger partial charge in [0.1, 0.15) is 0 Å². The summed E-state index contributed by atoms with van der Waals surface area (Å²) in [5.74, 6) is 0.924. The second-order valence-electron chi connectivity index (χ2n) is 7.39. The molecule has 3 unspecified atom stereocenters. The highest BCUT2D eigenvalue weighted by atomic mass is 16.2. The number of carbonyl (C=O) groups is 1. The maximum absolute atomic E-state index is 12.7. The maximum atomic E-state index is 12.7. The molecule has 122 valence electrons. The molecule has 3 atom stereocenters. The van der Waals surface area contributed by atoms with E-state index in [1.54, 1.807) is 0 Å². The fraction of sp³-hybridized carbons (Fsp3) is 0.941. The summed E-state index contributed by atoms with van der Waals surface area (Å²) in [5.41, 5.74) is 0. The maximum Gasteiger partial charge on any atom is 0.241 e. The number of nitrogens with one attached hydrogen (secondary N) is 1. The normalized spacial score (nSPS) is 28.0. The Balaban J connectivity index is 1.99. The standard InChI is InChI=1S/C17H33N3O/c1-6-7-15-17(21)20(16(18-15)10-12(2)3)11-13(4)19(5)14-8-9-14/h12-16,18H,6-11H2,1-5H3. The molecule has 0 spiro atoms. The van der Waals surface area contributed by atoms with E-state index in [1.165, 1.54) is 12.8 Å². The Labute approximate surface area is 130 Å². The summed E-state index contributed by atoms with van der Waals surface area (Å²) in [6, 6.07) is 1.23. The summed E-state index contributed by atoms with van der Waals surface area (Å²) in [6.45, 7) is 9.73. The fourth-order valence-corrected chi connectivity index (χ4v) is 3.36. The van der Waals surface area contributed by atoms with Crippen molar-refractivity contribution in [3.8, 4) is 0 Å². The van der Waals surface area contributed by atoms with Crippen LogP contribution in [-0.4, -0.2) is 53.6 Å². The smallest absolute Gasteiger partial charge is 0.241 e. The first-order valence-electron chi connectivity index (χ1n) is 8.72. The third-order valence-corrected chi connectivity index (χ3v) is 4.90. The molecule has 21 heavy (non-hydrogen) atoms. The predicted molar refractivity (Wildman–Crippen MR) is 87.0 cm³/mol. The molecule has 1 aliphatic heterocycles. The third-order valence-electron chi connectivity index (χ3n) is 4.90. The van der Waals surface area contributed by atoms with Gasteiger partial charge < -0.3 is 4.90 Å². The number of amides is 1. The van der Waals surface area contributed by atoms with Crippen LogP contribution in [0.25, 0.3) is 0 Å². The first-order chi connectivity index (χ1) is 9.93. The fourth-order valence-electron chi connectivity index (χ4n) is 3.36. The molecule has 1 amide bonds. The van der Waals surface area contributed by atoms with Gasteiger partial charge in [0.2, 0.25) is 5.91 Å². The van der Waals surface area contributed by atoms with E-state index in [2.05, 4.69) is 49.9 Å². The molecular formula is C17H33N3O. The third kappa shape index (κ3) is 4.19. The van der Waals surface area contributed by atoms with Crippen LogP contribution in [0.5, 0.6) is 0 Å². The summed E-state index contributed by atoms with van der Waals surface area (Å²) in [7, 11) is 2.21. The van der Waals surface area contributed by atoms with Crippen LogP contribution in [0.15, 0.2) is 0 Å². The Morgan fingerprint density at radius 3 is 2.52 bits per heavy atom. The Bertz CT molecular complexity index is 354. The van der Waals surface area contributed by atoms with Gasteiger partial charge in [-0.3, -0.25) is 15.0 Å². The van der Waals surface area contributed by atoms with Crippen LogP contribution in [0, 0.1) is 5.92 Å². The predicted octanol–water partition coefficient (Wildman–Crippen LogP) is 2.44. The van der Waals surface area contributed by atoms with Crippen molar-refractivity contribution >= 4 is 5.91 Å². The van der Waals surface area contributed by atoms with Crippen molar-refractivity contribution in [2.24, 2.45) is 5.92 Å². The average molecular weight is 295 g/mol. The molecule has 0 aromatic heterocycles. The molecule has 0 aromatic rings. The van der Waals surface area contributed by atoms with E-state index in [1.807, 2.05) is 0 Å². The highest BCUT2D eigenvalue weighted by Gasteiger charge is 2.40. The first kappa shape index (κ1) is 16.8. The van der Waals surface area contributed by atoms with Crippen molar-refractivity contribution in [2.75, 3.05) is 13.6 Å². The van der Waals surface area contributed by atoms with Crippen molar-refractivity contribution in [1.82, 2.24) is 15.1 Å². The van der Waals surface area contributed by atoms with Crippen LogP contribution >= 0.6 is 0 Å². The van der Waals surface area contributed by atoms with E-state index < -0.39 is 0 Å². The summed E-state index contributed by atoms with van der Waals surface area (Å²) in [6.07, 6.45) is 5.93. The molecule has 0 aromatic carbocycles. The SMILES string of the molecule is CCCC1NC(CC(C)C)N(CC(C)N(C)C2CC2)C1=O. The molecule has 4 nitrogen and oxygen atoms in total. The van der Waals surface area contributed by atoms with Gasteiger partial charge in [0.05, 0.1) is 12.2 Å². The minimum atomic E-state index is 0.0391. The van der Waals surface area contributed by atoms with Crippen molar-refractivity contribution in [3.05, 3.63) is 0 Å². The molecule has 2 rings (SSSR count). The zero-order valence-electron chi connectivity index (χ0n) is 14.4. The van der Waals surface area contributed by atoms with Crippen molar-refractivity contribution in [1.29, 1.82) is 0 Å². The van der Waals surface area contributed by atoms with E-state index >= 15 is 0 Å². The molecule has 0 bridgehead atoms. The summed E-state index contributed by atoms with van der Waals surface area (Å²) < 4.78 is 0. The number of carbonyl (C=O) groups excluding carboxylic acids is 1. The van der Waals surface area contributed by atoms with E-state index in [4.69, 9.17) is 0 Å². The zero-order chi connectivity index (χ0) is 15.6. The number of nitrogens with zero attached hydrogens (tertiary/aromatic N) is 2. The number of rotatable bonds is 8. The van der Waals surface area contributed by atoms with Gasteiger partial charge in [-0.15, -0.1) is 0 Å². The molecule has 1 N–H and O–H groups in total. The van der Waals surface area contributed by atoms with E-state index in [-0.39, 0.29) is 12.2 Å².